The van der Waals surface area contributed by atoms with Gasteiger partial charge in [0, 0.05) is 4.88 Å². The zero-order valence-corrected chi connectivity index (χ0v) is 17.8. The van der Waals surface area contributed by atoms with Gasteiger partial charge in [0.05, 0.1) is 21.8 Å². The summed E-state index contributed by atoms with van der Waals surface area (Å²) in [6, 6.07) is 10.8. The summed E-state index contributed by atoms with van der Waals surface area (Å²) in [7, 11) is -3.98. The minimum Gasteiger partial charge on any atom is -0.298 e. The summed E-state index contributed by atoms with van der Waals surface area (Å²) in [5.41, 5.74) is 1.33. The SMILES string of the molecule is CC1CCc2nc(NC(=O)c3ccccc3NS(=O)(=O)c3ccc(F)cc3)sc2C1. The monoisotopic (exact) mass is 445 g/mol. The van der Waals surface area contributed by atoms with Gasteiger partial charge in [0.2, 0.25) is 0 Å². The molecule has 30 heavy (non-hydrogen) atoms. The van der Waals surface area contributed by atoms with E-state index in [2.05, 4.69) is 21.9 Å². The van der Waals surface area contributed by atoms with Crippen LogP contribution < -0.4 is 10.0 Å². The smallest absolute Gasteiger partial charge is 0.261 e. The average Bonchev–Trinajstić information content (AvgIpc) is 3.09. The summed E-state index contributed by atoms with van der Waals surface area (Å²) in [5.74, 6) is -0.385. The maximum Gasteiger partial charge on any atom is 0.261 e. The van der Waals surface area contributed by atoms with Gasteiger partial charge in [-0.2, -0.15) is 0 Å². The van der Waals surface area contributed by atoms with Crippen molar-refractivity contribution in [1.29, 1.82) is 0 Å². The first kappa shape index (κ1) is 20.5. The van der Waals surface area contributed by atoms with E-state index in [0.29, 0.717) is 11.0 Å². The van der Waals surface area contributed by atoms with Crippen LogP contribution in [0.3, 0.4) is 0 Å². The van der Waals surface area contributed by atoms with Crippen LogP contribution >= 0.6 is 11.3 Å². The second-order valence-corrected chi connectivity index (χ2v) is 10.1. The summed E-state index contributed by atoms with van der Waals surface area (Å²) >= 11 is 1.46. The first-order chi connectivity index (χ1) is 14.3. The molecule has 0 saturated heterocycles. The number of benzene rings is 2. The number of carbonyl (C=O) groups is 1. The molecule has 1 aliphatic carbocycles. The van der Waals surface area contributed by atoms with Crippen molar-refractivity contribution < 1.29 is 17.6 Å². The molecule has 0 aliphatic heterocycles. The lowest BCUT2D eigenvalue weighted by Gasteiger charge is -2.15. The van der Waals surface area contributed by atoms with Crippen molar-refractivity contribution >= 4 is 38.1 Å². The van der Waals surface area contributed by atoms with Crippen LogP contribution in [0.5, 0.6) is 0 Å². The van der Waals surface area contributed by atoms with E-state index in [1.54, 1.807) is 12.1 Å². The van der Waals surface area contributed by atoms with E-state index >= 15 is 0 Å². The molecule has 0 bridgehead atoms. The van der Waals surface area contributed by atoms with E-state index < -0.39 is 21.7 Å². The Balaban J connectivity index is 1.56. The number of rotatable bonds is 5. The average molecular weight is 446 g/mol. The lowest BCUT2D eigenvalue weighted by Crippen LogP contribution is -2.18. The summed E-state index contributed by atoms with van der Waals surface area (Å²) in [6.07, 6.45) is 2.94. The quantitative estimate of drug-likeness (QED) is 0.607. The van der Waals surface area contributed by atoms with Crippen molar-refractivity contribution in [2.24, 2.45) is 5.92 Å². The number of hydrogen-bond donors (Lipinski definition) is 2. The van der Waals surface area contributed by atoms with Crippen molar-refractivity contribution in [3.05, 3.63) is 70.5 Å². The number of nitrogens with one attached hydrogen (secondary N) is 2. The molecule has 2 aromatic carbocycles. The number of para-hydroxylation sites is 1. The van der Waals surface area contributed by atoms with Crippen LogP contribution in [0.25, 0.3) is 0 Å². The largest absolute Gasteiger partial charge is 0.298 e. The van der Waals surface area contributed by atoms with Crippen LogP contribution in [0.4, 0.5) is 15.2 Å². The Labute approximate surface area is 178 Å². The first-order valence-corrected chi connectivity index (χ1v) is 11.8. The van der Waals surface area contributed by atoms with Crippen molar-refractivity contribution in [2.75, 3.05) is 10.0 Å². The molecule has 0 spiro atoms. The number of halogens is 1. The predicted octanol–water partition coefficient (Wildman–Crippen LogP) is 4.46. The molecule has 6 nitrogen and oxygen atoms in total. The summed E-state index contributed by atoms with van der Waals surface area (Å²) in [5, 5.41) is 3.30. The van der Waals surface area contributed by atoms with Gasteiger partial charge in [0.25, 0.3) is 15.9 Å². The minimum atomic E-state index is -3.98. The van der Waals surface area contributed by atoms with Crippen LogP contribution in [0.15, 0.2) is 53.4 Å². The summed E-state index contributed by atoms with van der Waals surface area (Å²) in [6.45, 7) is 2.20. The number of sulfonamides is 1. The zero-order valence-electron chi connectivity index (χ0n) is 16.2. The van der Waals surface area contributed by atoms with Crippen molar-refractivity contribution in [2.45, 2.75) is 31.1 Å². The van der Waals surface area contributed by atoms with Gasteiger partial charge >= 0.3 is 0 Å². The summed E-state index contributed by atoms with van der Waals surface area (Å²) in [4.78, 5) is 18.5. The first-order valence-electron chi connectivity index (χ1n) is 9.49. The van der Waals surface area contributed by atoms with Crippen LogP contribution in [0, 0.1) is 11.7 Å². The van der Waals surface area contributed by atoms with E-state index in [4.69, 9.17) is 0 Å². The third-order valence-electron chi connectivity index (χ3n) is 4.95. The molecule has 3 aromatic rings. The van der Waals surface area contributed by atoms with Gasteiger partial charge in [-0.1, -0.05) is 19.1 Å². The van der Waals surface area contributed by atoms with Crippen molar-refractivity contribution in [3.63, 3.8) is 0 Å². The molecule has 1 unspecified atom stereocenters. The molecule has 1 amide bonds. The van der Waals surface area contributed by atoms with Gasteiger partial charge in [-0.05, 0) is 61.6 Å². The molecule has 156 valence electrons. The molecule has 9 heteroatoms. The fourth-order valence-corrected chi connectivity index (χ4v) is 5.59. The Kier molecular flexibility index (Phi) is 5.57. The van der Waals surface area contributed by atoms with E-state index in [9.17, 15) is 17.6 Å². The van der Waals surface area contributed by atoms with E-state index in [0.717, 1.165) is 37.1 Å². The third-order valence-corrected chi connectivity index (χ3v) is 7.36. The van der Waals surface area contributed by atoms with Gasteiger partial charge in [-0.3, -0.25) is 14.8 Å². The molecule has 1 aromatic heterocycles. The van der Waals surface area contributed by atoms with Gasteiger partial charge in [0.15, 0.2) is 5.13 Å². The van der Waals surface area contributed by atoms with Gasteiger partial charge in [-0.15, -0.1) is 11.3 Å². The van der Waals surface area contributed by atoms with E-state index in [1.807, 2.05) is 0 Å². The highest BCUT2D eigenvalue weighted by Gasteiger charge is 2.22. The Morgan fingerprint density at radius 3 is 2.67 bits per heavy atom. The topological polar surface area (TPSA) is 88.2 Å². The molecule has 0 radical (unpaired) electrons. The normalized spacial score (nSPS) is 16.0. The molecular weight excluding hydrogens is 425 g/mol. The highest BCUT2D eigenvalue weighted by molar-refractivity contribution is 7.92. The van der Waals surface area contributed by atoms with Gasteiger partial charge in [0.1, 0.15) is 5.82 Å². The number of nitrogens with zero attached hydrogens (tertiary/aromatic N) is 1. The standard InChI is InChI=1S/C21H20FN3O3S2/c1-13-6-11-18-19(12-13)29-21(23-18)24-20(26)16-4-2-3-5-17(16)25-30(27,28)15-9-7-14(22)8-10-15/h2-5,7-10,13,25H,6,11-12H2,1H3,(H,23,24,26). The van der Waals surface area contributed by atoms with Crippen LogP contribution in [-0.2, 0) is 22.9 Å². The van der Waals surface area contributed by atoms with Crippen LogP contribution in [0.1, 0.15) is 34.3 Å². The molecule has 1 atom stereocenters. The number of carbonyl (C=O) groups excluding carboxylic acids is 1. The number of amides is 1. The number of aromatic nitrogens is 1. The molecular formula is C21H20FN3O3S2. The summed E-state index contributed by atoms with van der Waals surface area (Å²) < 4.78 is 40.8. The molecule has 1 heterocycles. The lowest BCUT2D eigenvalue weighted by atomic mass is 9.93. The van der Waals surface area contributed by atoms with E-state index in [1.165, 1.54) is 40.5 Å². The number of thiazole rings is 1. The Morgan fingerprint density at radius 1 is 1.17 bits per heavy atom. The highest BCUT2D eigenvalue weighted by Crippen LogP contribution is 2.32. The molecule has 0 saturated carbocycles. The Morgan fingerprint density at radius 2 is 1.90 bits per heavy atom. The molecule has 4 rings (SSSR count). The number of fused-ring (bicyclic) bond motifs is 1. The fourth-order valence-electron chi connectivity index (χ4n) is 3.35. The number of hydrogen-bond acceptors (Lipinski definition) is 5. The second-order valence-electron chi connectivity index (χ2n) is 7.30. The lowest BCUT2D eigenvalue weighted by molar-refractivity contribution is 0.102. The van der Waals surface area contributed by atoms with Gasteiger partial charge < -0.3 is 0 Å². The highest BCUT2D eigenvalue weighted by atomic mass is 32.2. The van der Waals surface area contributed by atoms with Gasteiger partial charge in [-0.25, -0.2) is 17.8 Å². The number of anilines is 2. The molecule has 1 aliphatic rings. The second kappa shape index (κ2) is 8.16. The van der Waals surface area contributed by atoms with Crippen LogP contribution in [0.2, 0.25) is 0 Å². The maximum absolute atomic E-state index is 13.1. The van der Waals surface area contributed by atoms with E-state index in [-0.39, 0.29) is 16.1 Å². The number of aryl methyl sites for hydroxylation is 1. The predicted molar refractivity (Wildman–Crippen MR) is 115 cm³/mol. The fraction of sp³-hybridized carbons (Fsp3) is 0.238. The minimum absolute atomic E-state index is 0.0965. The van der Waals surface area contributed by atoms with Crippen molar-refractivity contribution in [1.82, 2.24) is 4.98 Å². The Bertz CT molecular complexity index is 1190. The molecule has 2 N–H and O–H groups in total. The van der Waals surface area contributed by atoms with Crippen LogP contribution in [-0.4, -0.2) is 19.3 Å². The third kappa shape index (κ3) is 4.36. The maximum atomic E-state index is 13.1. The molecule has 0 fully saturated rings. The van der Waals surface area contributed by atoms with Crippen molar-refractivity contribution in [3.8, 4) is 0 Å². The Hall–Kier alpha value is -2.78. The zero-order chi connectivity index (χ0) is 21.3.